The van der Waals surface area contributed by atoms with E-state index in [1.54, 1.807) is 6.20 Å². The zero-order chi connectivity index (χ0) is 10.1. The summed E-state index contributed by atoms with van der Waals surface area (Å²) in [4.78, 5) is 0. The molecule has 0 aliphatic rings. The van der Waals surface area contributed by atoms with Crippen molar-refractivity contribution >= 4 is 11.6 Å². The summed E-state index contributed by atoms with van der Waals surface area (Å²) >= 11 is 5.48. The summed E-state index contributed by atoms with van der Waals surface area (Å²) in [5.74, 6) is 0.584. The summed E-state index contributed by atoms with van der Waals surface area (Å²) in [6, 6.07) is 0. The van der Waals surface area contributed by atoms with E-state index in [2.05, 4.69) is 15.6 Å². The lowest BCUT2D eigenvalue weighted by molar-refractivity contribution is 0.539. The highest BCUT2D eigenvalue weighted by Gasteiger charge is 1.90. The Morgan fingerprint density at radius 1 is 1.43 bits per heavy atom. The first-order valence-corrected chi connectivity index (χ1v) is 5.22. The second-order valence-corrected chi connectivity index (χ2v) is 3.16. The molecule has 0 saturated carbocycles. The molecule has 1 N–H and O–H groups in total. The minimum absolute atomic E-state index is 0.584. The molecule has 0 saturated heterocycles. The summed E-state index contributed by atoms with van der Waals surface area (Å²) < 4.78 is 1.83. The number of hydrogen-bond acceptors (Lipinski definition) is 3. The van der Waals surface area contributed by atoms with Crippen molar-refractivity contribution in [1.29, 1.82) is 0 Å². The molecule has 1 aromatic heterocycles. The highest BCUT2D eigenvalue weighted by Crippen LogP contribution is 1.85. The Labute approximate surface area is 88.9 Å². The van der Waals surface area contributed by atoms with Crippen LogP contribution in [0.5, 0.6) is 0 Å². The van der Waals surface area contributed by atoms with E-state index < -0.39 is 0 Å². The van der Waals surface area contributed by atoms with Crippen LogP contribution in [0.3, 0.4) is 0 Å². The van der Waals surface area contributed by atoms with E-state index in [4.69, 9.17) is 11.6 Å². The van der Waals surface area contributed by atoms with Gasteiger partial charge >= 0.3 is 0 Å². The van der Waals surface area contributed by atoms with Crippen LogP contribution in [0.1, 0.15) is 6.42 Å². The van der Waals surface area contributed by atoms with Gasteiger partial charge in [-0.05, 0) is 13.0 Å². The molecule has 0 radical (unpaired) electrons. The normalized spacial score (nSPS) is 11.2. The number of nitrogens with zero attached hydrogens (tertiary/aromatic N) is 3. The van der Waals surface area contributed by atoms with Gasteiger partial charge in [0.1, 0.15) is 0 Å². The predicted molar refractivity (Wildman–Crippen MR) is 57.4 cm³/mol. The molecule has 1 rings (SSSR count). The Hall–Kier alpha value is -0.870. The molecule has 78 valence electrons. The first-order valence-electron chi connectivity index (χ1n) is 4.69. The van der Waals surface area contributed by atoms with Crippen molar-refractivity contribution in [2.24, 2.45) is 0 Å². The monoisotopic (exact) mass is 214 g/mol. The highest BCUT2D eigenvalue weighted by atomic mass is 35.5. The molecule has 1 heterocycles. The molecule has 0 atom stereocenters. The molecule has 1 aromatic rings. The lowest BCUT2D eigenvalue weighted by Gasteiger charge is -2.01. The van der Waals surface area contributed by atoms with E-state index in [1.807, 2.05) is 23.0 Å². The van der Waals surface area contributed by atoms with Gasteiger partial charge in [-0.2, -0.15) is 0 Å². The smallest absolute Gasteiger partial charge is 0.0692 e. The molecule has 5 heteroatoms. The summed E-state index contributed by atoms with van der Waals surface area (Å²) in [6.45, 7) is 2.77. The maximum atomic E-state index is 5.48. The third kappa shape index (κ3) is 4.99. The molecule has 0 aliphatic heterocycles. The number of nitrogens with one attached hydrogen (secondary N) is 1. The molecular formula is C9H15ClN4. The molecule has 0 spiro atoms. The van der Waals surface area contributed by atoms with Crippen molar-refractivity contribution < 1.29 is 0 Å². The molecule has 0 aliphatic carbocycles. The van der Waals surface area contributed by atoms with E-state index in [0.717, 1.165) is 26.1 Å². The number of halogens is 1. The zero-order valence-electron chi connectivity index (χ0n) is 8.06. The fourth-order valence-electron chi connectivity index (χ4n) is 1.05. The maximum absolute atomic E-state index is 5.48. The SMILES string of the molecule is ClC/C=C/CNCCCn1ccnn1. The third-order valence-electron chi connectivity index (χ3n) is 1.73. The fraction of sp³-hybridized carbons (Fsp3) is 0.556. The summed E-state index contributed by atoms with van der Waals surface area (Å²) in [5, 5.41) is 10.9. The molecule has 0 bridgehead atoms. The molecule has 0 unspecified atom stereocenters. The molecule has 0 amide bonds. The van der Waals surface area contributed by atoms with Crippen LogP contribution in [0.15, 0.2) is 24.5 Å². The van der Waals surface area contributed by atoms with Gasteiger partial charge < -0.3 is 5.32 Å². The third-order valence-corrected chi connectivity index (χ3v) is 1.91. The summed E-state index contributed by atoms with van der Waals surface area (Å²) in [5.41, 5.74) is 0. The number of alkyl halides is 1. The zero-order valence-corrected chi connectivity index (χ0v) is 8.82. The van der Waals surface area contributed by atoms with E-state index in [1.165, 1.54) is 0 Å². The number of hydrogen-bond donors (Lipinski definition) is 1. The van der Waals surface area contributed by atoms with Gasteiger partial charge in [-0.25, -0.2) is 0 Å². The summed E-state index contributed by atoms with van der Waals surface area (Å²) in [7, 11) is 0. The second-order valence-electron chi connectivity index (χ2n) is 2.85. The van der Waals surface area contributed by atoms with Gasteiger partial charge in [-0.1, -0.05) is 17.4 Å². The number of aromatic nitrogens is 3. The molecule has 4 nitrogen and oxygen atoms in total. The Morgan fingerprint density at radius 2 is 2.36 bits per heavy atom. The van der Waals surface area contributed by atoms with Crippen molar-refractivity contribution in [2.75, 3.05) is 19.0 Å². The van der Waals surface area contributed by atoms with Crippen molar-refractivity contribution in [3.05, 3.63) is 24.5 Å². The van der Waals surface area contributed by atoms with E-state index in [-0.39, 0.29) is 0 Å². The highest BCUT2D eigenvalue weighted by molar-refractivity contribution is 6.18. The minimum Gasteiger partial charge on any atom is -0.313 e. The predicted octanol–water partition coefficient (Wildman–Crippen LogP) is 1.05. The van der Waals surface area contributed by atoms with Gasteiger partial charge in [0.05, 0.1) is 6.20 Å². The van der Waals surface area contributed by atoms with Gasteiger partial charge in [0.2, 0.25) is 0 Å². The van der Waals surface area contributed by atoms with E-state index >= 15 is 0 Å². The number of rotatable bonds is 7. The number of aryl methyl sites for hydroxylation is 1. The quantitative estimate of drug-likeness (QED) is 0.419. The van der Waals surface area contributed by atoms with Gasteiger partial charge in [-0.15, -0.1) is 16.7 Å². The summed E-state index contributed by atoms with van der Waals surface area (Å²) in [6.07, 6.45) is 8.58. The topological polar surface area (TPSA) is 42.7 Å². The lowest BCUT2D eigenvalue weighted by atomic mass is 10.4. The average molecular weight is 215 g/mol. The first kappa shape index (κ1) is 11.2. The Kier molecular flexibility index (Phi) is 6.02. The van der Waals surface area contributed by atoms with Crippen molar-refractivity contribution in [1.82, 2.24) is 20.3 Å². The Bertz CT molecular complexity index is 245. The van der Waals surface area contributed by atoms with Gasteiger partial charge in [-0.3, -0.25) is 4.68 Å². The van der Waals surface area contributed by atoms with E-state index in [0.29, 0.717) is 5.88 Å². The minimum atomic E-state index is 0.584. The van der Waals surface area contributed by atoms with Crippen LogP contribution in [0.4, 0.5) is 0 Å². The Morgan fingerprint density at radius 3 is 3.07 bits per heavy atom. The van der Waals surface area contributed by atoms with Crippen LogP contribution in [-0.4, -0.2) is 34.0 Å². The van der Waals surface area contributed by atoms with Gasteiger partial charge in [0.15, 0.2) is 0 Å². The average Bonchev–Trinajstić information content (AvgIpc) is 2.69. The Balaban J connectivity index is 1.92. The maximum Gasteiger partial charge on any atom is 0.0692 e. The van der Waals surface area contributed by atoms with Crippen LogP contribution in [-0.2, 0) is 6.54 Å². The number of allylic oxidation sites excluding steroid dienone is 1. The van der Waals surface area contributed by atoms with Crippen LogP contribution < -0.4 is 5.32 Å². The lowest BCUT2D eigenvalue weighted by Crippen LogP contribution is -2.17. The van der Waals surface area contributed by atoms with Crippen LogP contribution >= 0.6 is 11.6 Å². The van der Waals surface area contributed by atoms with Crippen LogP contribution in [0.2, 0.25) is 0 Å². The fourth-order valence-corrected chi connectivity index (χ4v) is 1.18. The van der Waals surface area contributed by atoms with Crippen molar-refractivity contribution in [3.63, 3.8) is 0 Å². The first-order chi connectivity index (χ1) is 6.93. The standard InChI is InChI=1S/C9H15ClN4/c10-4-1-2-5-11-6-3-8-14-9-7-12-13-14/h1-2,7,9,11H,3-6,8H2/b2-1+. The van der Waals surface area contributed by atoms with Crippen LogP contribution in [0, 0.1) is 0 Å². The van der Waals surface area contributed by atoms with Gasteiger partial charge in [0, 0.05) is 25.2 Å². The van der Waals surface area contributed by atoms with E-state index in [9.17, 15) is 0 Å². The molecule has 0 fully saturated rings. The molecule has 0 aromatic carbocycles. The van der Waals surface area contributed by atoms with Crippen LogP contribution in [0.25, 0.3) is 0 Å². The largest absolute Gasteiger partial charge is 0.313 e. The van der Waals surface area contributed by atoms with Gasteiger partial charge in [0.25, 0.3) is 0 Å². The molecular weight excluding hydrogens is 200 g/mol. The van der Waals surface area contributed by atoms with Crippen molar-refractivity contribution in [3.8, 4) is 0 Å². The molecule has 14 heavy (non-hydrogen) atoms. The second kappa shape index (κ2) is 7.53. The van der Waals surface area contributed by atoms with Crippen molar-refractivity contribution in [2.45, 2.75) is 13.0 Å².